The topological polar surface area (TPSA) is 98.3 Å². The quantitative estimate of drug-likeness (QED) is 0.856. The Hall–Kier alpha value is -2.62. The minimum absolute atomic E-state index is 0.127. The summed E-state index contributed by atoms with van der Waals surface area (Å²) in [6.45, 7) is 0.256. The summed E-state index contributed by atoms with van der Waals surface area (Å²) in [5.74, 6) is 0.264. The van der Waals surface area contributed by atoms with Crippen molar-refractivity contribution in [3.8, 4) is 0 Å². The van der Waals surface area contributed by atoms with E-state index in [1.165, 1.54) is 6.20 Å². The highest BCUT2D eigenvalue weighted by atomic mass is 35.5. The van der Waals surface area contributed by atoms with Gasteiger partial charge in [-0.25, -0.2) is 15.0 Å². The molecule has 0 saturated heterocycles. The van der Waals surface area contributed by atoms with Crippen molar-refractivity contribution in [1.82, 2.24) is 15.0 Å². The van der Waals surface area contributed by atoms with Crippen molar-refractivity contribution in [2.75, 3.05) is 17.6 Å². The predicted octanol–water partition coefficient (Wildman–Crippen LogP) is 2.73. The van der Waals surface area contributed by atoms with E-state index in [0.717, 1.165) is 12.3 Å². The van der Waals surface area contributed by atoms with Gasteiger partial charge in [0, 0.05) is 18.8 Å². The molecule has 25 heavy (non-hydrogen) atoms. The zero-order chi connectivity index (χ0) is 18.0. The van der Waals surface area contributed by atoms with Crippen LogP contribution in [0.15, 0.2) is 29.7 Å². The first-order valence-corrected chi connectivity index (χ1v) is 7.49. The number of nitrogens with two attached hydrogens (primary N) is 1. The monoisotopic (exact) mass is 372 g/mol. The van der Waals surface area contributed by atoms with Crippen molar-refractivity contribution < 1.29 is 18.0 Å². The molecule has 3 N–H and O–H groups in total. The van der Waals surface area contributed by atoms with Gasteiger partial charge in [-0.1, -0.05) is 16.8 Å². The Kier molecular flexibility index (Phi) is 4.62. The number of nitrogen functional groups attached to an aromatic ring is 1. The zero-order valence-electron chi connectivity index (χ0n) is 12.6. The fourth-order valence-electron chi connectivity index (χ4n) is 2.16. The first-order valence-electron chi connectivity index (χ1n) is 7.11. The molecule has 0 saturated carbocycles. The lowest BCUT2D eigenvalue weighted by atomic mass is 10.1. The van der Waals surface area contributed by atoms with Crippen LogP contribution in [0.4, 0.5) is 24.9 Å². The number of hydrogen-bond donors (Lipinski definition) is 2. The Morgan fingerprint density at radius 2 is 2.16 bits per heavy atom. The van der Waals surface area contributed by atoms with Crippen molar-refractivity contribution in [2.45, 2.75) is 18.7 Å². The van der Waals surface area contributed by atoms with Gasteiger partial charge in [-0.15, -0.1) is 0 Å². The molecule has 11 heteroatoms. The normalized spacial score (nSPS) is 17.1. The molecule has 0 aromatic carbocycles. The average molecular weight is 373 g/mol. The van der Waals surface area contributed by atoms with Crippen LogP contribution in [0.2, 0.25) is 5.02 Å². The minimum atomic E-state index is -4.49. The maximum Gasteiger partial charge on any atom is 0.417 e. The molecule has 1 atom stereocenters. The predicted molar refractivity (Wildman–Crippen MR) is 85.2 cm³/mol. The highest BCUT2D eigenvalue weighted by Gasteiger charge is 2.31. The molecule has 3 rings (SSSR count). The second-order valence-electron chi connectivity index (χ2n) is 5.20. The lowest BCUT2D eigenvalue weighted by molar-refractivity contribution is -0.137. The Labute approximate surface area is 145 Å². The molecular formula is C14H12ClF3N6O. The van der Waals surface area contributed by atoms with Crippen molar-refractivity contribution in [3.63, 3.8) is 0 Å². The van der Waals surface area contributed by atoms with Crippen molar-refractivity contribution >= 4 is 29.1 Å². The Morgan fingerprint density at radius 3 is 2.84 bits per heavy atom. The van der Waals surface area contributed by atoms with Crippen molar-refractivity contribution in [2.24, 2.45) is 5.16 Å². The van der Waals surface area contributed by atoms with Gasteiger partial charge in [0.15, 0.2) is 0 Å². The SMILES string of the molecule is Nc1nccc(C2=NO[C@@H](CNc3ncc(C(F)(F)F)cc3Cl)C2)n1. The molecule has 2 aromatic rings. The Balaban J connectivity index is 1.59. The number of oxime groups is 1. The minimum Gasteiger partial charge on any atom is -0.390 e. The van der Waals surface area contributed by atoms with E-state index in [9.17, 15) is 13.2 Å². The summed E-state index contributed by atoms with van der Waals surface area (Å²) < 4.78 is 37.8. The van der Waals surface area contributed by atoms with Crippen LogP contribution in [0, 0.1) is 0 Å². The van der Waals surface area contributed by atoms with E-state index < -0.39 is 11.7 Å². The highest BCUT2D eigenvalue weighted by molar-refractivity contribution is 6.32. The summed E-state index contributed by atoms with van der Waals surface area (Å²) in [6.07, 6.45) is -2.16. The van der Waals surface area contributed by atoms with Gasteiger partial charge < -0.3 is 15.9 Å². The third-order valence-corrected chi connectivity index (χ3v) is 3.66. The molecule has 0 spiro atoms. The van der Waals surface area contributed by atoms with Gasteiger partial charge in [0.1, 0.15) is 17.6 Å². The van der Waals surface area contributed by atoms with E-state index in [1.54, 1.807) is 6.07 Å². The van der Waals surface area contributed by atoms with Crippen molar-refractivity contribution in [1.29, 1.82) is 0 Å². The lowest BCUT2D eigenvalue weighted by Crippen LogP contribution is -2.21. The van der Waals surface area contributed by atoms with E-state index >= 15 is 0 Å². The lowest BCUT2D eigenvalue weighted by Gasteiger charge is -2.13. The van der Waals surface area contributed by atoms with Gasteiger partial charge in [0.25, 0.3) is 0 Å². The molecule has 0 fully saturated rings. The summed E-state index contributed by atoms with van der Waals surface area (Å²) in [4.78, 5) is 16.8. The number of anilines is 2. The van der Waals surface area contributed by atoms with Gasteiger partial charge in [-0.3, -0.25) is 0 Å². The number of halogens is 4. The molecule has 0 unspecified atom stereocenters. The molecule has 0 radical (unpaired) electrons. The number of alkyl halides is 3. The van der Waals surface area contributed by atoms with Crippen LogP contribution >= 0.6 is 11.6 Å². The van der Waals surface area contributed by atoms with E-state index in [4.69, 9.17) is 22.2 Å². The molecular weight excluding hydrogens is 361 g/mol. The summed E-state index contributed by atoms with van der Waals surface area (Å²) in [5, 5.41) is 6.66. The van der Waals surface area contributed by atoms with Crippen LogP contribution in [0.25, 0.3) is 0 Å². The van der Waals surface area contributed by atoms with Crippen LogP contribution in [-0.2, 0) is 11.0 Å². The highest BCUT2D eigenvalue weighted by Crippen LogP contribution is 2.32. The maximum atomic E-state index is 12.6. The standard InChI is InChI=1S/C14H12ClF3N6O/c15-9-3-7(14(16,17)18)5-21-12(9)22-6-8-4-11(24-25-8)10-1-2-20-13(19)23-10/h1-3,5,8H,4,6H2,(H,21,22)(H2,19,20,23)/t8-/m1/s1. The molecule has 1 aliphatic rings. The van der Waals surface area contributed by atoms with Gasteiger partial charge in [0.2, 0.25) is 5.95 Å². The first-order chi connectivity index (χ1) is 11.8. The number of aromatic nitrogens is 3. The Morgan fingerprint density at radius 1 is 1.36 bits per heavy atom. The fraction of sp³-hybridized carbons (Fsp3) is 0.286. The fourth-order valence-corrected chi connectivity index (χ4v) is 2.39. The molecule has 2 aromatic heterocycles. The second-order valence-corrected chi connectivity index (χ2v) is 5.61. The number of nitrogens with zero attached hydrogens (tertiary/aromatic N) is 4. The second kappa shape index (κ2) is 6.71. The molecule has 7 nitrogen and oxygen atoms in total. The third-order valence-electron chi connectivity index (χ3n) is 3.37. The van der Waals surface area contributed by atoms with Crippen LogP contribution in [0.3, 0.4) is 0 Å². The molecule has 0 bridgehead atoms. The smallest absolute Gasteiger partial charge is 0.390 e. The van der Waals surface area contributed by atoms with E-state index in [1.807, 2.05) is 0 Å². The first kappa shape index (κ1) is 17.2. The summed E-state index contributed by atoms with van der Waals surface area (Å²) in [6, 6.07) is 2.47. The van der Waals surface area contributed by atoms with Gasteiger partial charge in [-0.05, 0) is 12.1 Å². The molecule has 0 amide bonds. The molecule has 3 heterocycles. The average Bonchev–Trinajstić information content (AvgIpc) is 3.02. The van der Waals surface area contributed by atoms with Crippen LogP contribution in [0.5, 0.6) is 0 Å². The van der Waals surface area contributed by atoms with Gasteiger partial charge >= 0.3 is 6.18 Å². The Bertz CT molecular complexity index is 813. The van der Waals surface area contributed by atoms with Gasteiger partial charge in [0.05, 0.1) is 22.8 Å². The number of hydrogen-bond acceptors (Lipinski definition) is 7. The largest absolute Gasteiger partial charge is 0.417 e. The van der Waals surface area contributed by atoms with Gasteiger partial charge in [-0.2, -0.15) is 13.2 Å². The van der Waals surface area contributed by atoms with E-state index in [2.05, 4.69) is 25.4 Å². The van der Waals surface area contributed by atoms with Crippen LogP contribution in [0.1, 0.15) is 17.7 Å². The maximum absolute atomic E-state index is 12.6. The number of rotatable bonds is 4. The van der Waals surface area contributed by atoms with Crippen molar-refractivity contribution in [3.05, 3.63) is 40.8 Å². The number of pyridine rings is 1. The van der Waals surface area contributed by atoms with Crippen LogP contribution in [-0.4, -0.2) is 33.3 Å². The number of nitrogens with one attached hydrogen (secondary N) is 1. The summed E-state index contributed by atoms with van der Waals surface area (Å²) in [5.41, 5.74) is 5.77. The van der Waals surface area contributed by atoms with Crippen LogP contribution < -0.4 is 11.1 Å². The van der Waals surface area contributed by atoms with E-state index in [0.29, 0.717) is 17.8 Å². The zero-order valence-corrected chi connectivity index (χ0v) is 13.3. The van der Waals surface area contributed by atoms with E-state index in [-0.39, 0.29) is 29.4 Å². The third kappa shape index (κ3) is 4.08. The molecule has 1 aliphatic heterocycles. The summed E-state index contributed by atoms with van der Waals surface area (Å²) >= 11 is 5.84. The molecule has 132 valence electrons. The summed E-state index contributed by atoms with van der Waals surface area (Å²) in [7, 11) is 0. The molecule has 0 aliphatic carbocycles.